The largest absolute Gasteiger partial charge is 0.441 e. The first-order valence-corrected chi connectivity index (χ1v) is 7.39. The SMILES string of the molecule is COCC(O)CN(C)Cc1nc(-c2ccsc2)oc1C. The predicted octanol–water partition coefficient (Wildman–Crippen LogP) is 2.15. The Bertz CT molecular complexity index is 525. The van der Waals surface area contributed by atoms with E-state index in [2.05, 4.69) is 4.98 Å². The van der Waals surface area contributed by atoms with Gasteiger partial charge in [-0.1, -0.05) is 0 Å². The number of rotatable bonds is 7. The number of oxazole rings is 1. The highest BCUT2D eigenvalue weighted by molar-refractivity contribution is 7.08. The fraction of sp³-hybridized carbons (Fsp3) is 0.500. The van der Waals surface area contributed by atoms with E-state index in [1.54, 1.807) is 18.4 Å². The van der Waals surface area contributed by atoms with Crippen molar-refractivity contribution in [2.45, 2.75) is 19.6 Å². The average Bonchev–Trinajstić information content (AvgIpc) is 3.00. The molecule has 2 aromatic rings. The Balaban J connectivity index is 1.99. The van der Waals surface area contributed by atoms with Gasteiger partial charge in [-0.25, -0.2) is 4.98 Å². The molecule has 1 N–H and O–H groups in total. The molecule has 0 radical (unpaired) electrons. The summed E-state index contributed by atoms with van der Waals surface area (Å²) >= 11 is 1.62. The van der Waals surface area contributed by atoms with Gasteiger partial charge in [0, 0.05) is 31.1 Å². The van der Waals surface area contributed by atoms with Crippen LogP contribution in [-0.4, -0.2) is 48.4 Å². The first-order valence-electron chi connectivity index (χ1n) is 6.44. The van der Waals surface area contributed by atoms with Crippen molar-refractivity contribution < 1.29 is 14.3 Å². The van der Waals surface area contributed by atoms with Gasteiger partial charge in [-0.3, -0.25) is 4.90 Å². The summed E-state index contributed by atoms with van der Waals surface area (Å²) in [6.07, 6.45) is -0.492. The number of hydrogen-bond donors (Lipinski definition) is 1. The number of thiophene rings is 1. The average molecular weight is 296 g/mol. The van der Waals surface area contributed by atoms with Crippen LogP contribution in [0.5, 0.6) is 0 Å². The first-order chi connectivity index (χ1) is 9.60. The molecule has 1 unspecified atom stereocenters. The van der Waals surface area contributed by atoms with E-state index in [-0.39, 0.29) is 0 Å². The van der Waals surface area contributed by atoms with E-state index in [1.165, 1.54) is 0 Å². The lowest BCUT2D eigenvalue weighted by Gasteiger charge is -2.19. The third-order valence-corrected chi connectivity index (χ3v) is 3.65. The Labute approximate surface area is 122 Å². The van der Waals surface area contributed by atoms with Crippen LogP contribution in [-0.2, 0) is 11.3 Å². The molecule has 0 aromatic carbocycles. The van der Waals surface area contributed by atoms with Crippen LogP contribution in [0.1, 0.15) is 11.5 Å². The van der Waals surface area contributed by atoms with Gasteiger partial charge in [0.05, 0.1) is 18.4 Å². The number of hydrogen-bond acceptors (Lipinski definition) is 6. The standard InChI is InChI=1S/C14H20N2O3S/c1-10-13(7-16(2)6-12(17)8-18-3)15-14(19-10)11-4-5-20-9-11/h4-5,9,12,17H,6-8H2,1-3H3. The Morgan fingerprint density at radius 2 is 2.35 bits per heavy atom. The normalized spacial score (nSPS) is 13.1. The predicted molar refractivity (Wildman–Crippen MR) is 78.8 cm³/mol. The monoisotopic (exact) mass is 296 g/mol. The molecule has 0 amide bonds. The molecule has 1 atom stereocenters. The number of aliphatic hydroxyl groups is 1. The van der Waals surface area contributed by atoms with Crippen molar-refractivity contribution in [1.82, 2.24) is 9.88 Å². The summed E-state index contributed by atoms with van der Waals surface area (Å²) in [5, 5.41) is 13.7. The second-order valence-electron chi connectivity index (χ2n) is 4.84. The van der Waals surface area contributed by atoms with Gasteiger partial charge in [0.15, 0.2) is 0 Å². The molecule has 0 bridgehead atoms. The summed E-state index contributed by atoms with van der Waals surface area (Å²) in [5.74, 6) is 1.48. The third-order valence-electron chi connectivity index (χ3n) is 2.96. The minimum atomic E-state index is -0.492. The first kappa shape index (κ1) is 15.2. The summed E-state index contributed by atoms with van der Waals surface area (Å²) in [5.41, 5.74) is 1.91. The second-order valence-corrected chi connectivity index (χ2v) is 5.62. The fourth-order valence-corrected chi connectivity index (χ4v) is 2.64. The number of methoxy groups -OCH3 is 1. The van der Waals surface area contributed by atoms with E-state index < -0.39 is 6.10 Å². The molecule has 0 saturated heterocycles. The summed E-state index contributed by atoms with van der Waals surface area (Å²) in [6.45, 7) is 3.42. The Morgan fingerprint density at radius 3 is 3.00 bits per heavy atom. The maximum atomic E-state index is 9.71. The molecular formula is C14H20N2O3S. The topological polar surface area (TPSA) is 58.7 Å². The number of aromatic nitrogens is 1. The quantitative estimate of drug-likeness (QED) is 0.848. The van der Waals surface area contributed by atoms with Crippen molar-refractivity contribution in [2.75, 3.05) is 27.3 Å². The lowest BCUT2D eigenvalue weighted by atomic mass is 10.3. The van der Waals surface area contributed by atoms with Crippen molar-refractivity contribution in [3.05, 3.63) is 28.3 Å². The molecule has 0 fully saturated rings. The van der Waals surface area contributed by atoms with Gasteiger partial charge in [-0.2, -0.15) is 11.3 Å². The summed E-state index contributed by atoms with van der Waals surface area (Å²) in [7, 11) is 3.52. The maximum Gasteiger partial charge on any atom is 0.227 e. The van der Waals surface area contributed by atoms with Gasteiger partial charge in [-0.05, 0) is 25.4 Å². The molecule has 0 spiro atoms. The molecular weight excluding hydrogens is 276 g/mol. The number of likely N-dealkylation sites (N-methyl/N-ethyl adjacent to an activating group) is 1. The third kappa shape index (κ3) is 3.89. The molecule has 0 saturated carbocycles. The highest BCUT2D eigenvalue weighted by Gasteiger charge is 2.15. The lowest BCUT2D eigenvalue weighted by molar-refractivity contribution is 0.0416. The van der Waals surface area contributed by atoms with Crippen LogP contribution in [0.15, 0.2) is 21.2 Å². The number of aliphatic hydroxyl groups excluding tert-OH is 1. The van der Waals surface area contributed by atoms with Crippen LogP contribution >= 0.6 is 11.3 Å². The van der Waals surface area contributed by atoms with E-state index in [0.29, 0.717) is 25.6 Å². The molecule has 0 aliphatic rings. The van der Waals surface area contributed by atoms with Crippen LogP contribution in [0.25, 0.3) is 11.5 Å². The van der Waals surface area contributed by atoms with Gasteiger partial charge in [0.25, 0.3) is 0 Å². The molecule has 110 valence electrons. The summed E-state index contributed by atoms with van der Waals surface area (Å²) in [4.78, 5) is 6.54. The highest BCUT2D eigenvalue weighted by Crippen LogP contribution is 2.24. The van der Waals surface area contributed by atoms with E-state index >= 15 is 0 Å². The van der Waals surface area contributed by atoms with Crippen molar-refractivity contribution in [2.24, 2.45) is 0 Å². The zero-order chi connectivity index (χ0) is 14.5. The molecule has 2 rings (SSSR count). The van der Waals surface area contributed by atoms with Crippen LogP contribution in [0.4, 0.5) is 0 Å². The molecule has 2 aromatic heterocycles. The minimum Gasteiger partial charge on any atom is -0.441 e. The van der Waals surface area contributed by atoms with Crippen LogP contribution in [0.3, 0.4) is 0 Å². The van der Waals surface area contributed by atoms with Crippen molar-refractivity contribution in [3.63, 3.8) is 0 Å². The van der Waals surface area contributed by atoms with Gasteiger partial charge in [-0.15, -0.1) is 0 Å². The van der Waals surface area contributed by atoms with E-state index in [4.69, 9.17) is 9.15 Å². The molecule has 5 nitrogen and oxygen atoms in total. The van der Waals surface area contributed by atoms with E-state index in [9.17, 15) is 5.11 Å². The van der Waals surface area contributed by atoms with E-state index in [0.717, 1.165) is 17.0 Å². The Hall–Kier alpha value is -1.21. The van der Waals surface area contributed by atoms with Gasteiger partial charge >= 0.3 is 0 Å². The highest BCUT2D eigenvalue weighted by atomic mass is 32.1. The smallest absolute Gasteiger partial charge is 0.227 e. The molecule has 20 heavy (non-hydrogen) atoms. The zero-order valence-corrected chi connectivity index (χ0v) is 12.8. The van der Waals surface area contributed by atoms with Crippen LogP contribution in [0.2, 0.25) is 0 Å². The minimum absolute atomic E-state index is 0.336. The number of nitrogens with zero attached hydrogens (tertiary/aromatic N) is 2. The number of ether oxygens (including phenoxy) is 1. The van der Waals surface area contributed by atoms with E-state index in [1.807, 2.05) is 35.7 Å². The van der Waals surface area contributed by atoms with Crippen LogP contribution < -0.4 is 0 Å². The van der Waals surface area contributed by atoms with Crippen molar-refractivity contribution in [3.8, 4) is 11.5 Å². The Kier molecular flexibility index (Phi) is 5.31. The number of aryl methyl sites for hydroxylation is 1. The van der Waals surface area contributed by atoms with Gasteiger partial charge in [0.1, 0.15) is 5.76 Å². The molecule has 2 heterocycles. The molecule has 0 aliphatic heterocycles. The van der Waals surface area contributed by atoms with Crippen molar-refractivity contribution >= 4 is 11.3 Å². The molecule has 6 heteroatoms. The summed E-state index contributed by atoms with van der Waals surface area (Å²) in [6, 6.07) is 1.99. The van der Waals surface area contributed by atoms with Gasteiger partial charge in [0.2, 0.25) is 5.89 Å². The zero-order valence-electron chi connectivity index (χ0n) is 12.0. The Morgan fingerprint density at radius 1 is 1.55 bits per heavy atom. The van der Waals surface area contributed by atoms with Crippen molar-refractivity contribution in [1.29, 1.82) is 0 Å². The lowest BCUT2D eigenvalue weighted by Crippen LogP contribution is -2.31. The molecule has 0 aliphatic carbocycles. The van der Waals surface area contributed by atoms with Gasteiger partial charge < -0.3 is 14.3 Å². The maximum absolute atomic E-state index is 9.71. The van der Waals surface area contributed by atoms with Crippen LogP contribution in [0, 0.1) is 6.92 Å². The fourth-order valence-electron chi connectivity index (χ4n) is 2.01. The summed E-state index contributed by atoms with van der Waals surface area (Å²) < 4.78 is 10.6. The second kappa shape index (κ2) is 6.99.